The van der Waals surface area contributed by atoms with E-state index in [1.165, 1.54) is 23.4 Å². The van der Waals surface area contributed by atoms with Gasteiger partial charge in [0.15, 0.2) is 0 Å². The van der Waals surface area contributed by atoms with Crippen LogP contribution in [0.4, 0.5) is 0 Å². The summed E-state index contributed by atoms with van der Waals surface area (Å²) in [6.45, 7) is 2.39. The Bertz CT molecular complexity index is 741. The first kappa shape index (κ1) is 16.6. The van der Waals surface area contributed by atoms with E-state index in [1.54, 1.807) is 23.5 Å². The van der Waals surface area contributed by atoms with Crippen molar-refractivity contribution < 1.29 is 8.42 Å². The summed E-state index contributed by atoms with van der Waals surface area (Å²) < 4.78 is 27.1. The number of aryl methyl sites for hydroxylation is 4. The molecule has 124 valence electrons. The van der Waals surface area contributed by atoms with Gasteiger partial charge in [0.05, 0.1) is 15.6 Å². The number of rotatable bonds is 6. The molecule has 0 radical (unpaired) electrons. The third-order valence-electron chi connectivity index (χ3n) is 4.08. The highest BCUT2D eigenvalue weighted by atomic mass is 32.2. The molecule has 1 heterocycles. The lowest BCUT2D eigenvalue weighted by atomic mass is 10.0. The molecule has 0 saturated heterocycles. The number of fused-ring (bicyclic) bond motifs is 1. The molecule has 0 saturated carbocycles. The minimum Gasteiger partial charge on any atom is -0.246 e. The fourth-order valence-electron chi connectivity index (χ4n) is 2.76. The highest BCUT2D eigenvalue weighted by Crippen LogP contribution is 2.27. The molecule has 2 aromatic rings. The van der Waals surface area contributed by atoms with Gasteiger partial charge in [-0.1, -0.05) is 17.7 Å². The van der Waals surface area contributed by atoms with E-state index in [0.717, 1.165) is 36.3 Å². The molecule has 0 spiro atoms. The lowest BCUT2D eigenvalue weighted by Crippen LogP contribution is -2.25. The quantitative estimate of drug-likeness (QED) is 0.814. The van der Waals surface area contributed by atoms with Crippen LogP contribution in [0, 0.1) is 6.92 Å². The van der Waals surface area contributed by atoms with Gasteiger partial charge in [0.2, 0.25) is 10.0 Å². The maximum atomic E-state index is 12.2. The molecule has 1 aromatic carbocycles. The Labute approximate surface area is 142 Å². The van der Waals surface area contributed by atoms with Crippen molar-refractivity contribution >= 4 is 21.4 Å². The fraction of sp³-hybridized carbons (Fsp3) is 0.471. The fourth-order valence-corrected chi connectivity index (χ4v) is 5.03. The van der Waals surface area contributed by atoms with E-state index in [9.17, 15) is 8.42 Å². The highest BCUT2D eigenvalue weighted by Gasteiger charge is 2.16. The van der Waals surface area contributed by atoms with Gasteiger partial charge in [0.25, 0.3) is 0 Å². The molecule has 1 N–H and O–H groups in total. The number of benzene rings is 1. The lowest BCUT2D eigenvalue weighted by Gasteiger charge is -2.06. The monoisotopic (exact) mass is 350 g/mol. The van der Waals surface area contributed by atoms with Crippen LogP contribution in [0.5, 0.6) is 0 Å². The van der Waals surface area contributed by atoms with E-state index in [-0.39, 0.29) is 0 Å². The number of aromatic nitrogens is 1. The summed E-state index contributed by atoms with van der Waals surface area (Å²) in [5.41, 5.74) is 2.33. The topological polar surface area (TPSA) is 59.1 Å². The molecule has 1 aromatic heterocycles. The number of sulfonamides is 1. The Morgan fingerprint density at radius 2 is 1.91 bits per heavy atom. The van der Waals surface area contributed by atoms with Gasteiger partial charge in [0, 0.05) is 17.8 Å². The van der Waals surface area contributed by atoms with Crippen molar-refractivity contribution in [2.45, 2.75) is 50.3 Å². The second kappa shape index (κ2) is 7.11. The first-order valence-electron chi connectivity index (χ1n) is 8.08. The predicted octanol–water partition coefficient (Wildman–Crippen LogP) is 3.24. The van der Waals surface area contributed by atoms with Gasteiger partial charge in [0.1, 0.15) is 0 Å². The third-order valence-corrected chi connectivity index (χ3v) is 6.77. The predicted molar refractivity (Wildman–Crippen MR) is 93.4 cm³/mol. The van der Waals surface area contributed by atoms with Crippen LogP contribution in [0.1, 0.15) is 40.4 Å². The summed E-state index contributed by atoms with van der Waals surface area (Å²) in [5, 5.41) is 1.14. The Hall–Kier alpha value is -1.24. The van der Waals surface area contributed by atoms with Gasteiger partial charge in [-0.2, -0.15) is 0 Å². The van der Waals surface area contributed by atoms with Gasteiger partial charge in [-0.05, 0) is 51.2 Å². The number of nitrogens with zero attached hydrogens (tertiary/aromatic N) is 1. The Kier molecular flexibility index (Phi) is 5.14. The molecule has 0 amide bonds. The Balaban J connectivity index is 1.51. The molecule has 0 aliphatic heterocycles. The summed E-state index contributed by atoms with van der Waals surface area (Å²) in [6, 6.07) is 6.92. The van der Waals surface area contributed by atoms with Crippen LogP contribution >= 0.6 is 11.3 Å². The molecule has 23 heavy (non-hydrogen) atoms. The standard InChI is InChI=1S/C17H22N2O2S2/c1-13-8-10-14(11-9-13)23(20,21)18-12-4-7-17-19-15-5-2-3-6-16(15)22-17/h8-11,18H,2-7,12H2,1H3. The molecule has 4 nitrogen and oxygen atoms in total. The van der Waals surface area contributed by atoms with Gasteiger partial charge in [-0.25, -0.2) is 18.1 Å². The Morgan fingerprint density at radius 1 is 1.17 bits per heavy atom. The molecule has 0 unspecified atom stereocenters. The maximum absolute atomic E-state index is 12.2. The second-order valence-electron chi connectivity index (χ2n) is 6.00. The first-order valence-corrected chi connectivity index (χ1v) is 10.4. The van der Waals surface area contributed by atoms with Gasteiger partial charge < -0.3 is 0 Å². The zero-order valence-corrected chi connectivity index (χ0v) is 15.0. The first-order chi connectivity index (χ1) is 11.0. The average molecular weight is 351 g/mol. The van der Waals surface area contributed by atoms with Crippen LogP contribution in [-0.4, -0.2) is 19.9 Å². The van der Waals surface area contributed by atoms with E-state index in [2.05, 4.69) is 4.72 Å². The van der Waals surface area contributed by atoms with Crippen molar-refractivity contribution in [1.82, 2.24) is 9.71 Å². The van der Waals surface area contributed by atoms with Crippen molar-refractivity contribution in [3.8, 4) is 0 Å². The van der Waals surface area contributed by atoms with Crippen molar-refractivity contribution in [2.24, 2.45) is 0 Å². The average Bonchev–Trinajstić information content (AvgIpc) is 2.95. The summed E-state index contributed by atoms with van der Waals surface area (Å²) in [7, 11) is -3.40. The van der Waals surface area contributed by atoms with Crippen molar-refractivity contribution in [3.63, 3.8) is 0 Å². The van der Waals surface area contributed by atoms with Crippen LogP contribution in [-0.2, 0) is 29.3 Å². The van der Waals surface area contributed by atoms with Crippen LogP contribution in [0.3, 0.4) is 0 Å². The molecule has 3 rings (SSSR count). The largest absolute Gasteiger partial charge is 0.246 e. The smallest absolute Gasteiger partial charge is 0.240 e. The number of hydrogen-bond donors (Lipinski definition) is 1. The van der Waals surface area contributed by atoms with E-state index < -0.39 is 10.0 Å². The third kappa shape index (κ3) is 4.19. The molecule has 6 heteroatoms. The second-order valence-corrected chi connectivity index (χ2v) is 8.93. The van der Waals surface area contributed by atoms with Crippen LogP contribution in [0.25, 0.3) is 0 Å². The summed E-state index contributed by atoms with van der Waals surface area (Å²) in [5.74, 6) is 0. The summed E-state index contributed by atoms with van der Waals surface area (Å²) >= 11 is 1.80. The van der Waals surface area contributed by atoms with E-state index in [0.29, 0.717) is 11.4 Å². The molecular formula is C17H22N2O2S2. The molecule has 1 aliphatic carbocycles. The lowest BCUT2D eigenvalue weighted by molar-refractivity contribution is 0.579. The Morgan fingerprint density at radius 3 is 2.65 bits per heavy atom. The SMILES string of the molecule is Cc1ccc(S(=O)(=O)NCCCc2nc3c(s2)CCCC3)cc1. The van der Waals surface area contributed by atoms with Gasteiger partial charge >= 0.3 is 0 Å². The minimum absolute atomic E-state index is 0.327. The number of nitrogens with one attached hydrogen (secondary N) is 1. The van der Waals surface area contributed by atoms with Crippen molar-refractivity contribution in [2.75, 3.05) is 6.54 Å². The molecule has 0 bridgehead atoms. The molecule has 0 fully saturated rings. The van der Waals surface area contributed by atoms with Crippen molar-refractivity contribution in [1.29, 1.82) is 0 Å². The van der Waals surface area contributed by atoms with E-state index in [4.69, 9.17) is 4.98 Å². The van der Waals surface area contributed by atoms with Crippen LogP contribution in [0.2, 0.25) is 0 Å². The maximum Gasteiger partial charge on any atom is 0.240 e. The summed E-state index contributed by atoms with van der Waals surface area (Å²) in [4.78, 5) is 6.46. The van der Waals surface area contributed by atoms with Gasteiger partial charge in [-0.3, -0.25) is 0 Å². The zero-order chi connectivity index (χ0) is 16.3. The molecule has 0 atom stereocenters. The number of hydrogen-bond acceptors (Lipinski definition) is 4. The molecular weight excluding hydrogens is 328 g/mol. The molecule has 1 aliphatic rings. The zero-order valence-electron chi connectivity index (χ0n) is 13.3. The van der Waals surface area contributed by atoms with Gasteiger partial charge in [-0.15, -0.1) is 11.3 Å². The van der Waals surface area contributed by atoms with E-state index >= 15 is 0 Å². The van der Waals surface area contributed by atoms with Crippen LogP contribution in [0.15, 0.2) is 29.2 Å². The van der Waals surface area contributed by atoms with Crippen molar-refractivity contribution in [3.05, 3.63) is 45.4 Å². The highest BCUT2D eigenvalue weighted by molar-refractivity contribution is 7.89. The summed E-state index contributed by atoms with van der Waals surface area (Å²) in [6.07, 6.45) is 6.39. The minimum atomic E-state index is -3.40. The normalized spacial score (nSPS) is 14.7. The number of thiazole rings is 1. The van der Waals surface area contributed by atoms with E-state index in [1.807, 2.05) is 19.1 Å². The van der Waals surface area contributed by atoms with Crippen LogP contribution < -0.4 is 4.72 Å².